The van der Waals surface area contributed by atoms with Crippen molar-refractivity contribution < 1.29 is 13.7 Å². The largest absolute Gasteiger partial charge is 0.349 e. The van der Waals surface area contributed by atoms with Crippen LogP contribution in [-0.4, -0.2) is 22.1 Å². The van der Waals surface area contributed by atoms with E-state index in [2.05, 4.69) is 22.4 Å². The lowest BCUT2D eigenvalue weighted by molar-refractivity contribution is 0.0917. The highest BCUT2D eigenvalue weighted by Gasteiger charge is 2.42. The van der Waals surface area contributed by atoms with E-state index in [1.54, 1.807) is 18.2 Å². The average Bonchev–Trinajstić information content (AvgIpc) is 3.43. The Morgan fingerprint density at radius 1 is 1.24 bits per heavy atom. The molecule has 2 aromatic heterocycles. The molecule has 0 radical (unpaired) electrons. The maximum atomic E-state index is 13.3. The molecule has 2 saturated carbocycles. The number of hydrogen-bond donors (Lipinski definition) is 1. The van der Waals surface area contributed by atoms with Crippen molar-refractivity contribution in [3.8, 4) is 11.3 Å². The molecular weight excluding hydrogens is 369 g/mol. The van der Waals surface area contributed by atoms with Gasteiger partial charge in [0.2, 0.25) is 0 Å². The van der Waals surface area contributed by atoms with E-state index in [1.807, 2.05) is 6.92 Å². The number of amides is 1. The normalized spacial score (nSPS) is 24.2. The minimum atomic E-state index is -0.326. The molecule has 2 fully saturated rings. The van der Waals surface area contributed by atoms with Gasteiger partial charge in [0.1, 0.15) is 11.5 Å². The second-order valence-corrected chi connectivity index (χ2v) is 8.63. The zero-order valence-corrected chi connectivity index (χ0v) is 16.6. The van der Waals surface area contributed by atoms with Crippen molar-refractivity contribution in [1.29, 1.82) is 0 Å². The minimum Gasteiger partial charge on any atom is -0.349 e. The predicted octanol–water partition coefficient (Wildman–Crippen LogP) is 4.89. The van der Waals surface area contributed by atoms with Crippen molar-refractivity contribution in [2.24, 2.45) is 17.8 Å². The van der Waals surface area contributed by atoms with Crippen LogP contribution in [0.1, 0.15) is 48.7 Å². The fourth-order valence-electron chi connectivity index (χ4n) is 5.36. The topological polar surface area (TPSA) is 68.0 Å². The fourth-order valence-corrected chi connectivity index (χ4v) is 5.36. The van der Waals surface area contributed by atoms with Crippen molar-refractivity contribution in [1.82, 2.24) is 15.5 Å². The standard InChI is InChI=1S/C23H24FN3O2/c1-12-9-19(22(28)26-13(2)18-11-14-3-4-16(18)10-14)20-21(27-29-23(20)25-12)15-5-7-17(24)8-6-15/h5-9,13-14,16,18H,3-4,10-11H2,1-2H3,(H,26,28)/t13-,14+,16+,18+/m0/s1. The Morgan fingerprint density at radius 2 is 2.03 bits per heavy atom. The van der Waals surface area contributed by atoms with Crippen LogP contribution < -0.4 is 5.32 Å². The number of pyridine rings is 1. The molecule has 4 atom stereocenters. The lowest BCUT2D eigenvalue weighted by Crippen LogP contribution is -2.40. The van der Waals surface area contributed by atoms with Gasteiger partial charge in [-0.1, -0.05) is 11.6 Å². The first-order valence-corrected chi connectivity index (χ1v) is 10.3. The molecule has 0 spiro atoms. The summed E-state index contributed by atoms with van der Waals surface area (Å²) in [5.74, 6) is 1.66. The van der Waals surface area contributed by atoms with E-state index in [4.69, 9.17) is 4.52 Å². The third-order valence-corrected chi connectivity index (χ3v) is 6.73. The second-order valence-electron chi connectivity index (χ2n) is 8.63. The highest BCUT2D eigenvalue weighted by Crippen LogP contribution is 2.49. The van der Waals surface area contributed by atoms with Gasteiger partial charge in [0, 0.05) is 17.3 Å². The molecular formula is C23H24FN3O2. The number of hydrogen-bond acceptors (Lipinski definition) is 4. The van der Waals surface area contributed by atoms with Crippen LogP contribution in [0.15, 0.2) is 34.9 Å². The van der Waals surface area contributed by atoms with Crippen LogP contribution >= 0.6 is 0 Å². The summed E-state index contributed by atoms with van der Waals surface area (Å²) in [6.45, 7) is 3.94. The van der Waals surface area contributed by atoms with Gasteiger partial charge in [0.05, 0.1) is 10.9 Å². The van der Waals surface area contributed by atoms with Crippen LogP contribution in [0.25, 0.3) is 22.4 Å². The molecule has 150 valence electrons. The maximum absolute atomic E-state index is 13.3. The molecule has 2 aliphatic rings. The first-order valence-electron chi connectivity index (χ1n) is 10.3. The number of carbonyl (C=O) groups is 1. The lowest BCUT2D eigenvalue weighted by atomic mass is 9.84. The second kappa shape index (κ2) is 6.94. The van der Waals surface area contributed by atoms with Gasteiger partial charge in [-0.25, -0.2) is 9.37 Å². The summed E-state index contributed by atoms with van der Waals surface area (Å²) in [7, 11) is 0. The minimum absolute atomic E-state index is 0.121. The van der Waals surface area contributed by atoms with Crippen LogP contribution in [0.4, 0.5) is 4.39 Å². The predicted molar refractivity (Wildman–Crippen MR) is 108 cm³/mol. The lowest BCUT2D eigenvalue weighted by Gasteiger charge is -2.28. The molecule has 29 heavy (non-hydrogen) atoms. The molecule has 3 aromatic rings. The summed E-state index contributed by atoms with van der Waals surface area (Å²) in [6, 6.07) is 7.89. The van der Waals surface area contributed by atoms with Crippen molar-refractivity contribution in [3.05, 3.63) is 47.4 Å². The van der Waals surface area contributed by atoms with Crippen LogP contribution in [0.2, 0.25) is 0 Å². The molecule has 5 rings (SSSR count). The molecule has 5 nitrogen and oxygen atoms in total. The van der Waals surface area contributed by atoms with Gasteiger partial charge in [0.25, 0.3) is 11.6 Å². The molecule has 0 aliphatic heterocycles. The van der Waals surface area contributed by atoms with E-state index in [1.165, 1.54) is 37.8 Å². The molecule has 6 heteroatoms. The number of rotatable bonds is 4. The smallest absolute Gasteiger partial charge is 0.259 e. The monoisotopic (exact) mass is 393 g/mol. The number of aryl methyl sites for hydroxylation is 1. The highest BCUT2D eigenvalue weighted by molar-refractivity contribution is 6.09. The van der Waals surface area contributed by atoms with Gasteiger partial charge in [-0.05, 0) is 81.2 Å². The van der Waals surface area contributed by atoms with Crippen molar-refractivity contribution in [2.45, 2.75) is 45.6 Å². The molecule has 2 bridgehead atoms. The van der Waals surface area contributed by atoms with E-state index in [9.17, 15) is 9.18 Å². The van der Waals surface area contributed by atoms with E-state index in [-0.39, 0.29) is 17.8 Å². The van der Waals surface area contributed by atoms with Crippen LogP contribution in [-0.2, 0) is 0 Å². The zero-order chi connectivity index (χ0) is 20.1. The summed E-state index contributed by atoms with van der Waals surface area (Å²) in [6.07, 6.45) is 5.15. The Hall–Kier alpha value is -2.76. The van der Waals surface area contributed by atoms with Crippen molar-refractivity contribution in [2.75, 3.05) is 0 Å². The van der Waals surface area contributed by atoms with Gasteiger partial charge in [0.15, 0.2) is 0 Å². The number of nitrogens with one attached hydrogen (secondary N) is 1. The summed E-state index contributed by atoms with van der Waals surface area (Å²) in [5, 5.41) is 7.92. The van der Waals surface area contributed by atoms with E-state index in [0.29, 0.717) is 39.5 Å². The SMILES string of the molecule is Cc1cc(C(=O)N[C@@H](C)[C@H]2C[C@@H]3CC[C@@H]2C3)c2c(-c3ccc(F)cc3)noc2n1. The van der Waals surface area contributed by atoms with Gasteiger partial charge in [-0.2, -0.15) is 0 Å². The molecule has 1 N–H and O–H groups in total. The molecule has 2 aliphatic carbocycles. The van der Waals surface area contributed by atoms with Crippen LogP contribution in [0.3, 0.4) is 0 Å². The van der Waals surface area contributed by atoms with Gasteiger partial charge < -0.3 is 9.84 Å². The highest BCUT2D eigenvalue weighted by atomic mass is 19.1. The Kier molecular flexibility index (Phi) is 4.37. The number of aromatic nitrogens is 2. The molecule has 1 amide bonds. The number of halogens is 1. The molecule has 0 unspecified atom stereocenters. The first-order chi connectivity index (χ1) is 14.0. The average molecular weight is 393 g/mol. The van der Waals surface area contributed by atoms with E-state index < -0.39 is 0 Å². The Labute approximate surface area is 168 Å². The van der Waals surface area contributed by atoms with E-state index >= 15 is 0 Å². The van der Waals surface area contributed by atoms with Gasteiger partial charge >= 0.3 is 0 Å². The third kappa shape index (κ3) is 3.20. The van der Waals surface area contributed by atoms with Gasteiger partial charge in [-0.3, -0.25) is 4.79 Å². The van der Waals surface area contributed by atoms with E-state index in [0.717, 1.165) is 11.8 Å². The summed E-state index contributed by atoms with van der Waals surface area (Å²) < 4.78 is 18.8. The Bertz CT molecular complexity index is 1080. The fraction of sp³-hybridized carbons (Fsp3) is 0.435. The quantitative estimate of drug-likeness (QED) is 0.685. The third-order valence-electron chi connectivity index (χ3n) is 6.73. The summed E-state index contributed by atoms with van der Waals surface area (Å²) in [5.41, 5.74) is 2.71. The number of carbonyl (C=O) groups excluding carboxylic acids is 1. The number of benzene rings is 1. The first kappa shape index (κ1) is 18.3. The summed E-state index contributed by atoms with van der Waals surface area (Å²) in [4.78, 5) is 17.6. The molecule has 0 saturated heterocycles. The van der Waals surface area contributed by atoms with Crippen molar-refractivity contribution in [3.63, 3.8) is 0 Å². The number of nitrogens with zero attached hydrogens (tertiary/aromatic N) is 2. The van der Waals surface area contributed by atoms with Crippen molar-refractivity contribution >= 4 is 17.0 Å². The molecule has 1 aromatic carbocycles. The summed E-state index contributed by atoms with van der Waals surface area (Å²) >= 11 is 0. The van der Waals surface area contributed by atoms with Gasteiger partial charge in [-0.15, -0.1) is 0 Å². The molecule has 2 heterocycles. The Balaban J connectivity index is 1.49. The Morgan fingerprint density at radius 3 is 2.72 bits per heavy atom. The maximum Gasteiger partial charge on any atom is 0.259 e. The van der Waals surface area contributed by atoms with Crippen LogP contribution in [0.5, 0.6) is 0 Å². The zero-order valence-electron chi connectivity index (χ0n) is 16.6. The van der Waals surface area contributed by atoms with Crippen LogP contribution in [0, 0.1) is 30.5 Å². The number of fused-ring (bicyclic) bond motifs is 3.